The summed E-state index contributed by atoms with van der Waals surface area (Å²) in [7, 11) is 1.33. The Balaban J connectivity index is 2.06. The van der Waals surface area contributed by atoms with Crippen molar-refractivity contribution in [1.82, 2.24) is 4.90 Å². The number of esters is 1. The molecule has 126 valence electrons. The number of anilines is 1. The lowest BCUT2D eigenvalue weighted by atomic mass is 10.0. The summed E-state index contributed by atoms with van der Waals surface area (Å²) in [5.41, 5.74) is 1.77. The van der Waals surface area contributed by atoms with Crippen LogP contribution in [0, 0.1) is 6.92 Å². The predicted molar refractivity (Wildman–Crippen MR) is 87.6 cm³/mol. The van der Waals surface area contributed by atoms with Crippen molar-refractivity contribution in [2.45, 2.75) is 26.3 Å². The number of morpholine rings is 1. The van der Waals surface area contributed by atoms with Gasteiger partial charge in [-0.05, 0) is 38.5 Å². The van der Waals surface area contributed by atoms with Gasteiger partial charge in [-0.1, -0.05) is 6.07 Å². The van der Waals surface area contributed by atoms with Crippen LogP contribution in [0.15, 0.2) is 18.2 Å². The van der Waals surface area contributed by atoms with Crippen molar-refractivity contribution in [2.24, 2.45) is 0 Å². The molecule has 1 amide bonds. The number of carbonyl (C=O) groups is 2. The van der Waals surface area contributed by atoms with Gasteiger partial charge in [0.25, 0.3) is 0 Å². The van der Waals surface area contributed by atoms with Gasteiger partial charge < -0.3 is 14.8 Å². The first kappa shape index (κ1) is 17.4. The van der Waals surface area contributed by atoms with Crippen LogP contribution in [0.5, 0.6) is 0 Å². The van der Waals surface area contributed by atoms with Crippen molar-refractivity contribution < 1.29 is 19.1 Å². The lowest BCUT2D eigenvalue weighted by Gasteiger charge is -2.41. The number of rotatable bonds is 4. The molecule has 0 saturated carbocycles. The van der Waals surface area contributed by atoms with Gasteiger partial charge >= 0.3 is 5.97 Å². The highest BCUT2D eigenvalue weighted by Gasteiger charge is 2.31. The summed E-state index contributed by atoms with van der Waals surface area (Å²) < 4.78 is 10.2. The number of benzene rings is 1. The summed E-state index contributed by atoms with van der Waals surface area (Å²) in [6.45, 7) is 8.25. The first-order chi connectivity index (χ1) is 10.8. The van der Waals surface area contributed by atoms with E-state index in [1.165, 1.54) is 7.11 Å². The van der Waals surface area contributed by atoms with Gasteiger partial charge in [0.05, 0.1) is 32.4 Å². The Hall–Kier alpha value is -1.92. The Morgan fingerprint density at radius 2 is 2.13 bits per heavy atom. The van der Waals surface area contributed by atoms with E-state index in [1.807, 2.05) is 6.92 Å². The quantitative estimate of drug-likeness (QED) is 0.857. The van der Waals surface area contributed by atoms with Gasteiger partial charge in [0.2, 0.25) is 5.91 Å². The molecule has 0 atom stereocenters. The molecule has 1 fully saturated rings. The molecule has 0 bridgehead atoms. The van der Waals surface area contributed by atoms with E-state index in [4.69, 9.17) is 9.47 Å². The number of amides is 1. The van der Waals surface area contributed by atoms with Crippen LogP contribution in [-0.2, 0) is 14.3 Å². The molecular formula is C17H24N2O4. The van der Waals surface area contributed by atoms with Gasteiger partial charge in [-0.3, -0.25) is 9.69 Å². The third-order valence-corrected chi connectivity index (χ3v) is 4.08. The van der Waals surface area contributed by atoms with E-state index in [-0.39, 0.29) is 18.0 Å². The van der Waals surface area contributed by atoms with E-state index in [1.54, 1.807) is 18.2 Å². The van der Waals surface area contributed by atoms with E-state index in [2.05, 4.69) is 24.1 Å². The lowest BCUT2D eigenvalue weighted by Crippen LogP contribution is -2.55. The molecule has 6 nitrogen and oxygen atoms in total. The summed E-state index contributed by atoms with van der Waals surface area (Å²) in [6.07, 6.45) is 0. The molecule has 1 aliphatic heterocycles. The Morgan fingerprint density at radius 3 is 2.78 bits per heavy atom. The number of carbonyl (C=O) groups excluding carboxylic acids is 2. The van der Waals surface area contributed by atoms with Crippen LogP contribution in [0.3, 0.4) is 0 Å². The summed E-state index contributed by atoms with van der Waals surface area (Å²) in [5, 5.41) is 2.89. The standard InChI is InChI=1S/C17H24N2O4/c1-12-5-6-13(16(21)22-4)9-14(12)18-15(20)10-19-7-8-23-11-17(19,2)3/h5-6,9H,7-8,10-11H2,1-4H3,(H,18,20). The molecule has 0 unspecified atom stereocenters. The molecule has 6 heteroatoms. The fraction of sp³-hybridized carbons (Fsp3) is 0.529. The SMILES string of the molecule is COC(=O)c1ccc(C)c(NC(=O)CN2CCOCC2(C)C)c1. The van der Waals surface area contributed by atoms with E-state index < -0.39 is 5.97 Å². The van der Waals surface area contributed by atoms with Gasteiger partial charge in [0.15, 0.2) is 0 Å². The zero-order valence-corrected chi connectivity index (χ0v) is 14.1. The topological polar surface area (TPSA) is 67.9 Å². The summed E-state index contributed by atoms with van der Waals surface area (Å²) >= 11 is 0. The van der Waals surface area contributed by atoms with Crippen LogP contribution in [0.2, 0.25) is 0 Å². The molecule has 1 aliphatic rings. The van der Waals surface area contributed by atoms with Gasteiger partial charge in [-0.2, -0.15) is 0 Å². The molecule has 1 aromatic carbocycles. The van der Waals surface area contributed by atoms with Crippen molar-refractivity contribution >= 4 is 17.6 Å². The molecule has 1 aromatic rings. The smallest absolute Gasteiger partial charge is 0.337 e. The minimum absolute atomic E-state index is 0.106. The number of nitrogens with zero attached hydrogens (tertiary/aromatic N) is 1. The molecule has 0 spiro atoms. The maximum absolute atomic E-state index is 12.4. The van der Waals surface area contributed by atoms with Gasteiger partial charge in [0.1, 0.15) is 0 Å². The highest BCUT2D eigenvalue weighted by molar-refractivity contribution is 5.96. The third-order valence-electron chi connectivity index (χ3n) is 4.08. The van der Waals surface area contributed by atoms with Crippen LogP contribution in [0.4, 0.5) is 5.69 Å². The fourth-order valence-electron chi connectivity index (χ4n) is 2.55. The molecule has 23 heavy (non-hydrogen) atoms. The summed E-state index contributed by atoms with van der Waals surface area (Å²) in [6, 6.07) is 5.12. The fourth-order valence-corrected chi connectivity index (χ4v) is 2.55. The van der Waals surface area contributed by atoms with E-state index >= 15 is 0 Å². The van der Waals surface area contributed by atoms with Gasteiger partial charge in [-0.15, -0.1) is 0 Å². The number of hydrogen-bond acceptors (Lipinski definition) is 5. The Labute approximate surface area is 136 Å². The number of nitrogens with one attached hydrogen (secondary N) is 1. The molecular weight excluding hydrogens is 296 g/mol. The summed E-state index contributed by atoms with van der Waals surface area (Å²) in [5.74, 6) is -0.528. The Kier molecular flexibility index (Phi) is 5.38. The van der Waals surface area contributed by atoms with Crippen molar-refractivity contribution in [3.05, 3.63) is 29.3 Å². The highest BCUT2D eigenvalue weighted by atomic mass is 16.5. The zero-order chi connectivity index (χ0) is 17.0. The van der Waals surface area contributed by atoms with Crippen LogP contribution in [0.1, 0.15) is 29.8 Å². The second-order valence-corrected chi connectivity index (χ2v) is 6.36. The predicted octanol–water partition coefficient (Wildman–Crippen LogP) is 1.83. The van der Waals surface area contributed by atoms with Crippen LogP contribution < -0.4 is 5.32 Å². The largest absolute Gasteiger partial charge is 0.465 e. The van der Waals surface area contributed by atoms with Crippen molar-refractivity contribution in [1.29, 1.82) is 0 Å². The minimum Gasteiger partial charge on any atom is -0.465 e. The molecule has 0 aromatic heterocycles. The average Bonchev–Trinajstić information content (AvgIpc) is 2.50. The maximum atomic E-state index is 12.4. The molecule has 0 aliphatic carbocycles. The minimum atomic E-state index is -0.421. The normalized spacial score (nSPS) is 17.6. The van der Waals surface area contributed by atoms with E-state index in [0.29, 0.717) is 24.5 Å². The number of ether oxygens (including phenoxy) is 2. The second-order valence-electron chi connectivity index (χ2n) is 6.36. The first-order valence-electron chi connectivity index (χ1n) is 7.65. The molecule has 1 heterocycles. The monoisotopic (exact) mass is 320 g/mol. The Morgan fingerprint density at radius 1 is 1.39 bits per heavy atom. The molecule has 1 N–H and O–H groups in total. The van der Waals surface area contributed by atoms with Crippen LogP contribution in [0.25, 0.3) is 0 Å². The van der Waals surface area contributed by atoms with Gasteiger partial charge in [-0.25, -0.2) is 4.79 Å². The number of aryl methyl sites for hydroxylation is 1. The van der Waals surface area contributed by atoms with Crippen molar-refractivity contribution in [3.8, 4) is 0 Å². The molecule has 1 saturated heterocycles. The van der Waals surface area contributed by atoms with Crippen molar-refractivity contribution in [3.63, 3.8) is 0 Å². The molecule has 2 rings (SSSR count). The zero-order valence-electron chi connectivity index (χ0n) is 14.1. The Bertz CT molecular complexity index is 598. The van der Waals surface area contributed by atoms with Crippen molar-refractivity contribution in [2.75, 3.05) is 38.7 Å². The van der Waals surface area contributed by atoms with Crippen LogP contribution in [-0.4, -0.2) is 55.7 Å². The highest BCUT2D eigenvalue weighted by Crippen LogP contribution is 2.20. The number of methoxy groups -OCH3 is 1. The number of hydrogen-bond donors (Lipinski definition) is 1. The van der Waals surface area contributed by atoms with E-state index in [0.717, 1.165) is 12.1 Å². The van der Waals surface area contributed by atoms with Crippen LogP contribution >= 0.6 is 0 Å². The van der Waals surface area contributed by atoms with Gasteiger partial charge in [0, 0.05) is 17.8 Å². The second kappa shape index (κ2) is 7.10. The first-order valence-corrected chi connectivity index (χ1v) is 7.65. The summed E-state index contributed by atoms with van der Waals surface area (Å²) in [4.78, 5) is 26.1. The average molecular weight is 320 g/mol. The molecule has 0 radical (unpaired) electrons. The van der Waals surface area contributed by atoms with E-state index in [9.17, 15) is 9.59 Å². The third kappa shape index (κ3) is 4.30. The maximum Gasteiger partial charge on any atom is 0.337 e. The lowest BCUT2D eigenvalue weighted by molar-refractivity contribution is -0.122.